The van der Waals surface area contributed by atoms with Gasteiger partial charge in [-0.1, -0.05) is 65.5 Å². The molecule has 31 heavy (non-hydrogen) atoms. The number of hydrogen-bond acceptors (Lipinski definition) is 2. The first-order valence-corrected chi connectivity index (χ1v) is 13.3. The van der Waals surface area contributed by atoms with Gasteiger partial charge in [0.1, 0.15) is 6.10 Å². The van der Waals surface area contributed by atoms with E-state index >= 15 is 0 Å². The van der Waals surface area contributed by atoms with Crippen LogP contribution in [0, 0.1) is 46.3 Å². The Morgan fingerprint density at radius 1 is 1.16 bits per heavy atom. The lowest BCUT2D eigenvalue weighted by molar-refractivity contribution is -0.148. The lowest BCUT2D eigenvalue weighted by atomic mass is 9.47. The number of ether oxygens (including phenoxy) is 1. The van der Waals surface area contributed by atoms with E-state index in [1.54, 1.807) is 0 Å². The van der Waals surface area contributed by atoms with Crippen molar-refractivity contribution in [3.05, 3.63) is 11.6 Å². The molecule has 3 saturated carbocycles. The summed E-state index contributed by atoms with van der Waals surface area (Å²) in [6, 6.07) is 0. The fourth-order valence-corrected chi connectivity index (χ4v) is 8.76. The molecule has 0 spiro atoms. The fourth-order valence-electron chi connectivity index (χ4n) is 8.76. The van der Waals surface area contributed by atoms with E-state index in [9.17, 15) is 4.79 Å². The summed E-state index contributed by atoms with van der Waals surface area (Å²) >= 11 is 0. The summed E-state index contributed by atoms with van der Waals surface area (Å²) in [5.41, 5.74) is 2.14. The lowest BCUT2D eigenvalue weighted by Gasteiger charge is -2.58. The summed E-state index contributed by atoms with van der Waals surface area (Å²) in [7, 11) is 0. The van der Waals surface area contributed by atoms with Crippen molar-refractivity contribution < 1.29 is 10.9 Å². The van der Waals surface area contributed by atoms with Crippen molar-refractivity contribution in [2.75, 3.05) is 0 Å². The van der Waals surface area contributed by atoms with Gasteiger partial charge in [0.05, 0.1) is 0 Å². The maximum absolute atomic E-state index is 11.5. The van der Waals surface area contributed by atoms with Crippen LogP contribution in [0.1, 0.15) is 114 Å². The number of allylic oxidation sites excluding steroid dienone is 1. The highest BCUT2D eigenvalue weighted by atomic mass is 16.5. The van der Waals surface area contributed by atoms with E-state index < -0.39 is 0 Å². The molecule has 2 nitrogen and oxygen atoms in total. The Bertz CT molecular complexity index is 729. The maximum atomic E-state index is 11.5. The number of fused-ring (bicyclic) bond motifs is 5. The summed E-state index contributed by atoms with van der Waals surface area (Å²) in [5.74, 6) is 4.67. The van der Waals surface area contributed by atoms with Crippen LogP contribution in [0.4, 0.5) is 0 Å². The van der Waals surface area contributed by atoms with Crippen LogP contribution in [-0.2, 0) is 9.53 Å². The molecule has 0 unspecified atom stereocenters. The van der Waals surface area contributed by atoms with Crippen molar-refractivity contribution in [1.82, 2.24) is 0 Å². The highest BCUT2D eigenvalue weighted by Gasteiger charge is 2.59. The van der Waals surface area contributed by atoms with Crippen LogP contribution in [-0.4, -0.2) is 12.1 Å². The quantitative estimate of drug-likeness (QED) is 0.316. The van der Waals surface area contributed by atoms with Gasteiger partial charge in [0.25, 0.3) is 0 Å². The molecule has 2 heteroatoms. The van der Waals surface area contributed by atoms with Gasteiger partial charge >= 0.3 is 5.97 Å². The SMILES string of the molecule is [2H][C@H]1C[C@@]2(C)C(=CC[C@H]3[C@@H]4CC[C@H]([C@H](C)CCCC(C)C)[C@@]4(C)CC[C@@H]32)C[C@H]1OC(C)=O. The first-order chi connectivity index (χ1) is 15.1. The van der Waals surface area contributed by atoms with E-state index in [1.165, 1.54) is 63.9 Å². The van der Waals surface area contributed by atoms with Crippen molar-refractivity contribution in [2.24, 2.45) is 46.3 Å². The summed E-state index contributed by atoms with van der Waals surface area (Å²) < 4.78 is 14.3. The summed E-state index contributed by atoms with van der Waals surface area (Å²) in [4.78, 5) is 11.5. The van der Waals surface area contributed by atoms with E-state index in [-0.39, 0.29) is 23.9 Å². The molecular formula is C29H48O2. The zero-order chi connectivity index (χ0) is 23.3. The second-order valence-electron chi connectivity index (χ2n) is 12.6. The fraction of sp³-hybridized carbons (Fsp3) is 0.897. The van der Waals surface area contributed by atoms with E-state index in [1.807, 2.05) is 0 Å². The van der Waals surface area contributed by atoms with Gasteiger partial charge < -0.3 is 4.74 Å². The smallest absolute Gasteiger partial charge is 0.302 e. The van der Waals surface area contributed by atoms with Crippen molar-refractivity contribution >= 4 is 5.97 Å². The van der Waals surface area contributed by atoms with Gasteiger partial charge in [-0.15, -0.1) is 0 Å². The second-order valence-corrected chi connectivity index (χ2v) is 12.6. The highest BCUT2D eigenvalue weighted by molar-refractivity contribution is 5.66. The van der Waals surface area contributed by atoms with Crippen LogP contribution in [0.3, 0.4) is 0 Å². The molecule has 4 aliphatic carbocycles. The van der Waals surface area contributed by atoms with Crippen molar-refractivity contribution in [1.29, 1.82) is 0 Å². The first-order valence-electron chi connectivity index (χ1n) is 13.9. The van der Waals surface area contributed by atoms with Crippen LogP contribution in [0.25, 0.3) is 0 Å². The Labute approximate surface area is 193 Å². The van der Waals surface area contributed by atoms with Gasteiger partial charge in [-0.2, -0.15) is 0 Å². The molecule has 0 amide bonds. The largest absolute Gasteiger partial charge is 0.462 e. The number of carbonyl (C=O) groups is 1. The molecule has 3 fully saturated rings. The topological polar surface area (TPSA) is 26.3 Å². The predicted molar refractivity (Wildman–Crippen MR) is 129 cm³/mol. The molecule has 0 N–H and O–H groups in total. The van der Waals surface area contributed by atoms with Gasteiger partial charge in [0.15, 0.2) is 0 Å². The normalized spacial score (nSPS) is 45.8. The average Bonchev–Trinajstić information content (AvgIpc) is 3.05. The Morgan fingerprint density at radius 3 is 2.65 bits per heavy atom. The van der Waals surface area contributed by atoms with Gasteiger partial charge in [0, 0.05) is 14.7 Å². The molecule has 0 aromatic rings. The average molecular weight is 430 g/mol. The lowest BCUT2D eigenvalue weighted by Crippen LogP contribution is -2.51. The van der Waals surface area contributed by atoms with Gasteiger partial charge in [-0.05, 0) is 91.3 Å². The van der Waals surface area contributed by atoms with Crippen molar-refractivity contribution in [3.8, 4) is 0 Å². The molecule has 0 heterocycles. The minimum Gasteiger partial charge on any atom is -0.462 e. The van der Waals surface area contributed by atoms with Gasteiger partial charge in [-0.25, -0.2) is 0 Å². The summed E-state index contributed by atoms with van der Waals surface area (Å²) in [6.45, 7) is 13.8. The minimum absolute atomic E-state index is 0.133. The van der Waals surface area contributed by atoms with Crippen LogP contribution in [0.2, 0.25) is 0 Å². The van der Waals surface area contributed by atoms with Crippen LogP contribution in [0.15, 0.2) is 11.6 Å². The van der Waals surface area contributed by atoms with Crippen LogP contribution < -0.4 is 0 Å². The van der Waals surface area contributed by atoms with E-state index in [2.05, 4.69) is 40.7 Å². The highest BCUT2D eigenvalue weighted by Crippen LogP contribution is 2.67. The van der Waals surface area contributed by atoms with Crippen molar-refractivity contribution in [2.45, 2.75) is 118 Å². The molecule has 0 radical (unpaired) electrons. The number of rotatable bonds is 6. The molecule has 0 aliphatic heterocycles. The van der Waals surface area contributed by atoms with Crippen molar-refractivity contribution in [3.63, 3.8) is 0 Å². The molecule has 0 bridgehead atoms. The molecule has 0 aromatic carbocycles. The predicted octanol–water partition coefficient (Wildman–Crippen LogP) is 7.96. The maximum Gasteiger partial charge on any atom is 0.302 e. The number of hydrogen-bond donors (Lipinski definition) is 0. The Balaban J connectivity index is 1.49. The van der Waals surface area contributed by atoms with E-state index in [0.717, 1.165) is 42.4 Å². The third kappa shape index (κ3) is 4.26. The minimum atomic E-state index is -0.287. The van der Waals surface area contributed by atoms with E-state index in [4.69, 9.17) is 6.11 Å². The number of carbonyl (C=O) groups excluding carboxylic acids is 1. The van der Waals surface area contributed by atoms with Crippen LogP contribution >= 0.6 is 0 Å². The third-order valence-electron chi connectivity index (χ3n) is 10.4. The van der Waals surface area contributed by atoms with Gasteiger partial charge in [0.2, 0.25) is 0 Å². The Kier molecular flexibility index (Phi) is 6.30. The monoisotopic (exact) mass is 429 g/mol. The molecule has 176 valence electrons. The second kappa shape index (κ2) is 8.86. The Hall–Kier alpha value is -0.790. The van der Waals surface area contributed by atoms with Crippen LogP contribution in [0.5, 0.6) is 0 Å². The molecular weight excluding hydrogens is 380 g/mol. The van der Waals surface area contributed by atoms with E-state index in [0.29, 0.717) is 11.3 Å². The zero-order valence-electron chi connectivity index (χ0n) is 22.1. The summed E-state index contributed by atoms with van der Waals surface area (Å²) in [6.07, 6.45) is 14.5. The molecule has 4 aliphatic rings. The molecule has 0 saturated heterocycles. The zero-order valence-corrected chi connectivity index (χ0v) is 21.1. The van der Waals surface area contributed by atoms with Gasteiger partial charge in [-0.3, -0.25) is 4.79 Å². The molecule has 4 rings (SSSR count). The molecule has 0 aromatic heterocycles. The number of esters is 1. The third-order valence-corrected chi connectivity index (χ3v) is 10.4. The first kappa shape index (κ1) is 22.0. The summed E-state index contributed by atoms with van der Waals surface area (Å²) in [5, 5.41) is 0. The Morgan fingerprint density at radius 2 is 1.94 bits per heavy atom. The standard InChI is InChI=1S/C29H48O2/c1-19(2)8-7-9-20(3)25-12-13-26-24-11-10-22-18-23(31-21(4)30)14-16-28(22,5)27(24)15-17-29(25,26)6/h10,19-20,23-27H,7-9,11-18H2,1-6H3/t20-,23+,24+,25-,26+,27+,28+,29-/m1/s1/i14D/t14-,20+,23-,24-,25+,26-,27-,28-,29+/m0. The molecule has 9 atom stereocenters.